The van der Waals surface area contributed by atoms with E-state index in [4.69, 9.17) is 22.9 Å². The predicted molar refractivity (Wildman–Crippen MR) is 342 cm³/mol. The molecule has 0 aromatic rings. The Hall–Kier alpha value is -5.30. The molecule has 0 aliphatic carbocycles. The van der Waals surface area contributed by atoms with Crippen molar-refractivity contribution >= 4 is 89.8 Å². The second-order valence-electron chi connectivity index (χ2n) is 23.4. The standard InChI is InChI=1S/C31H56N4O9S.C29H52N4O10S.CH4/c1-6-7-16-45(43,44)19-24(12-8-10-14-32)31(42)35-28(22(4)36)27(39)18-21(3)30(41)34-25(13-9-11-15-33)26(38)17-20(2)29(40)23(5)37;1-6-7-14-44(41,42)17-21(11-13-31)28(39)33-25(20(4)34)24(36)16-19(3)27(38)32-22(10-8-9-12-30)23(35)15-18(2)26(37)29(40)43-5;/h20-22,24-25,28,36H,6-19,32-33H2,1-5H3,(H,34,41)(H,35,42);18-22,25,34H,6-17,30-31H2,1-5H3,(H,32,38)(H,33,39);1H4/t20-,21-,22-,24-,25+,28+;18-,19-,20-,21-,22+,25+;/m11./s1. The zero-order chi connectivity index (χ0) is 68.8. The van der Waals surface area contributed by atoms with Crippen LogP contribution in [0.5, 0.6) is 0 Å². The van der Waals surface area contributed by atoms with Crippen molar-refractivity contribution in [1.29, 1.82) is 0 Å². The van der Waals surface area contributed by atoms with E-state index in [-0.39, 0.29) is 76.2 Å². The van der Waals surface area contributed by atoms with Gasteiger partial charge in [0.15, 0.2) is 48.6 Å². The summed E-state index contributed by atoms with van der Waals surface area (Å²) in [4.78, 5) is 152. The summed E-state index contributed by atoms with van der Waals surface area (Å²) in [5, 5.41) is 30.8. The Balaban J connectivity index is -0.00000166. The lowest BCUT2D eigenvalue weighted by atomic mass is 9.92. The van der Waals surface area contributed by atoms with Gasteiger partial charge in [0.1, 0.15) is 12.1 Å². The number of ether oxygens (including phenoxy) is 1. The normalized spacial score (nSPS) is 15.5. The SMILES string of the molecule is C.CCCCS(=O)(=O)C[C@@H](CCCCN)C(=O)N[C@H](C(=O)C[C@@H](C)C(=O)N[C@@H](CCCCN)C(=O)C[C@@H](C)C(=O)C(C)=O)[C@@H](C)O.CCCCS(=O)(=O)C[C@@H](CCN)C(=O)N[C@H](C(=O)C[C@@H](C)C(=O)N[C@@H](CCCCN)C(=O)C[C@@H](C)C(=O)C(=O)OC)[C@@H](C)O. The molecule has 0 aliphatic rings. The number of hydrogen-bond acceptors (Lipinski definition) is 23. The van der Waals surface area contributed by atoms with E-state index in [1.54, 1.807) is 0 Å². The number of aliphatic hydroxyl groups is 2. The van der Waals surface area contributed by atoms with Crippen molar-refractivity contribution in [2.24, 2.45) is 58.4 Å². The Bertz CT molecular complexity index is 2510. The maximum absolute atomic E-state index is 13.2. The Morgan fingerprint density at radius 2 is 0.767 bits per heavy atom. The van der Waals surface area contributed by atoms with E-state index in [0.717, 1.165) is 14.0 Å². The maximum Gasteiger partial charge on any atom is 0.374 e. The molecule has 522 valence electrons. The van der Waals surface area contributed by atoms with Gasteiger partial charge in [0.2, 0.25) is 35.2 Å². The molecule has 0 rings (SSSR count). The number of Topliss-reactive ketones (excluding diaryl/α,β-unsaturated/α-hetero) is 7. The molecule has 0 unspecified atom stereocenters. The molecule has 0 aliphatic heterocycles. The molecule has 0 fully saturated rings. The Kier molecular flexibility index (Phi) is 47.0. The van der Waals surface area contributed by atoms with Crippen LogP contribution in [0.15, 0.2) is 0 Å². The monoisotopic (exact) mass is 1320 g/mol. The quantitative estimate of drug-likeness (QED) is 0.0231. The summed E-state index contributed by atoms with van der Waals surface area (Å²) < 4.78 is 54.6. The largest absolute Gasteiger partial charge is 0.463 e. The Morgan fingerprint density at radius 3 is 1.08 bits per heavy atom. The zero-order valence-corrected chi connectivity index (χ0v) is 55.9. The Labute approximate surface area is 534 Å². The smallest absolute Gasteiger partial charge is 0.374 e. The van der Waals surface area contributed by atoms with Gasteiger partial charge in [0.25, 0.3) is 0 Å². The van der Waals surface area contributed by atoms with Crippen molar-refractivity contribution in [2.45, 2.75) is 222 Å². The summed E-state index contributed by atoms with van der Waals surface area (Å²) in [6, 6.07) is -4.76. The minimum absolute atomic E-state index is 0. The van der Waals surface area contributed by atoms with Crippen LogP contribution in [0.25, 0.3) is 0 Å². The van der Waals surface area contributed by atoms with E-state index in [9.17, 15) is 84.6 Å². The van der Waals surface area contributed by atoms with E-state index < -0.39 is 174 Å². The second-order valence-corrected chi connectivity index (χ2v) is 27.9. The average molecular weight is 1330 g/mol. The highest BCUT2D eigenvalue weighted by Gasteiger charge is 2.37. The van der Waals surface area contributed by atoms with Gasteiger partial charge in [-0.15, -0.1) is 0 Å². The molecule has 0 radical (unpaired) electrons. The number of esters is 1. The summed E-state index contributed by atoms with van der Waals surface area (Å²) in [6.45, 7) is 14.4. The van der Waals surface area contributed by atoms with Gasteiger partial charge in [-0.3, -0.25) is 52.7 Å². The van der Waals surface area contributed by atoms with Crippen LogP contribution in [-0.2, 0) is 81.9 Å². The van der Waals surface area contributed by atoms with E-state index in [1.165, 1.54) is 41.5 Å². The van der Waals surface area contributed by atoms with Crippen molar-refractivity contribution in [1.82, 2.24) is 21.3 Å². The van der Waals surface area contributed by atoms with Gasteiger partial charge >= 0.3 is 5.97 Å². The molecule has 27 nitrogen and oxygen atoms in total. The lowest BCUT2D eigenvalue weighted by Crippen LogP contribution is -2.51. The van der Waals surface area contributed by atoms with Gasteiger partial charge in [-0.05, 0) is 111 Å². The number of carbonyl (C=O) groups is 12. The number of nitrogens with one attached hydrogen (secondary N) is 4. The van der Waals surface area contributed by atoms with Crippen LogP contribution in [0.4, 0.5) is 0 Å². The number of methoxy groups -OCH3 is 1. The highest BCUT2D eigenvalue weighted by atomic mass is 32.2. The number of ketones is 7. The summed E-state index contributed by atoms with van der Waals surface area (Å²) in [5.74, 6) is -14.9. The number of unbranched alkanes of at least 4 members (excludes halogenated alkanes) is 5. The first-order valence-electron chi connectivity index (χ1n) is 31.1. The number of hydrogen-bond donors (Lipinski definition) is 10. The van der Waals surface area contributed by atoms with E-state index in [1.807, 2.05) is 13.8 Å². The first kappa shape index (κ1) is 88.9. The second kappa shape index (κ2) is 47.6. The molecule has 0 bridgehead atoms. The topological polar surface area (TPSA) is 475 Å². The van der Waals surface area contributed by atoms with Crippen LogP contribution < -0.4 is 44.2 Å². The van der Waals surface area contributed by atoms with Crippen LogP contribution in [0, 0.1) is 35.5 Å². The predicted octanol–water partition coefficient (Wildman–Crippen LogP) is 0.989. The fraction of sp³-hybridized carbons (Fsp3) is 0.803. The van der Waals surface area contributed by atoms with Gasteiger partial charge in [-0.25, -0.2) is 21.6 Å². The molecule has 29 heteroatoms. The Morgan fingerprint density at radius 1 is 0.433 bits per heavy atom. The van der Waals surface area contributed by atoms with Crippen LogP contribution >= 0.6 is 0 Å². The highest BCUT2D eigenvalue weighted by Crippen LogP contribution is 2.19. The number of nitrogens with two attached hydrogens (primary N) is 4. The minimum Gasteiger partial charge on any atom is -0.463 e. The first-order valence-corrected chi connectivity index (χ1v) is 34.8. The lowest BCUT2D eigenvalue weighted by Gasteiger charge is -2.25. The van der Waals surface area contributed by atoms with Gasteiger partial charge in [-0.1, -0.05) is 68.2 Å². The molecule has 4 amide bonds. The third-order valence-corrected chi connectivity index (χ3v) is 18.5. The fourth-order valence-electron chi connectivity index (χ4n) is 9.31. The van der Waals surface area contributed by atoms with E-state index >= 15 is 0 Å². The molecule has 0 heterocycles. The van der Waals surface area contributed by atoms with Gasteiger partial charge in [0, 0.05) is 56.3 Å². The van der Waals surface area contributed by atoms with Crippen LogP contribution in [0.3, 0.4) is 0 Å². The fourth-order valence-corrected chi connectivity index (χ4v) is 13.0. The molecule has 90 heavy (non-hydrogen) atoms. The summed E-state index contributed by atoms with van der Waals surface area (Å²) in [7, 11) is -6.04. The molecule has 14 N–H and O–H groups in total. The minimum atomic E-state index is -3.56. The van der Waals surface area contributed by atoms with Crippen molar-refractivity contribution < 1.29 is 89.3 Å². The van der Waals surface area contributed by atoms with Crippen molar-refractivity contribution in [3.63, 3.8) is 0 Å². The third-order valence-electron chi connectivity index (χ3n) is 14.9. The summed E-state index contributed by atoms with van der Waals surface area (Å²) >= 11 is 0. The van der Waals surface area contributed by atoms with Gasteiger partial charge in [-0.2, -0.15) is 0 Å². The number of rotatable bonds is 50. The zero-order valence-electron chi connectivity index (χ0n) is 54.3. The number of carbonyl (C=O) groups excluding carboxylic acids is 12. The van der Waals surface area contributed by atoms with Crippen LogP contribution in [0.1, 0.15) is 185 Å². The molecular formula is C61H112N8O19S2. The van der Waals surface area contributed by atoms with Gasteiger partial charge < -0.3 is 59.2 Å². The third kappa shape index (κ3) is 36.7. The molecule has 0 saturated heterocycles. The molecule has 0 spiro atoms. The first-order chi connectivity index (χ1) is 41.5. The maximum atomic E-state index is 13.2. The molecule has 12 atom stereocenters. The van der Waals surface area contributed by atoms with Crippen molar-refractivity contribution in [3.05, 3.63) is 0 Å². The number of aliphatic hydroxyl groups excluding tert-OH is 2. The van der Waals surface area contributed by atoms with Gasteiger partial charge in [0.05, 0.1) is 66.2 Å². The molecular weight excluding hydrogens is 1210 g/mol. The average Bonchev–Trinajstić information content (AvgIpc) is 1.42. The van der Waals surface area contributed by atoms with Crippen molar-refractivity contribution in [3.8, 4) is 0 Å². The van der Waals surface area contributed by atoms with Crippen LogP contribution in [0.2, 0.25) is 0 Å². The molecule has 0 aromatic heterocycles. The number of amides is 4. The van der Waals surface area contributed by atoms with E-state index in [0.29, 0.717) is 83.8 Å². The summed E-state index contributed by atoms with van der Waals surface area (Å²) in [6.07, 6.45) is 2.27. The van der Waals surface area contributed by atoms with Crippen molar-refractivity contribution in [2.75, 3.05) is 56.3 Å². The van der Waals surface area contributed by atoms with E-state index in [2.05, 4.69) is 26.0 Å². The highest BCUT2D eigenvalue weighted by molar-refractivity contribution is 7.91. The lowest BCUT2D eigenvalue weighted by molar-refractivity contribution is -0.153. The molecule has 0 aromatic carbocycles. The van der Waals surface area contributed by atoms with Crippen LogP contribution in [-0.4, -0.2) is 190 Å². The molecule has 0 saturated carbocycles. The number of sulfone groups is 2. The summed E-state index contributed by atoms with van der Waals surface area (Å²) in [5.41, 5.74) is 22.3.